The molecule has 1 unspecified atom stereocenters. The van der Waals surface area contributed by atoms with Crippen molar-refractivity contribution >= 4 is 17.3 Å². The summed E-state index contributed by atoms with van der Waals surface area (Å²) in [6, 6.07) is 6.80. The zero-order valence-corrected chi connectivity index (χ0v) is 8.74. The number of hydrogen-bond donors (Lipinski definition) is 3. The van der Waals surface area contributed by atoms with Gasteiger partial charge >= 0.3 is 0 Å². The summed E-state index contributed by atoms with van der Waals surface area (Å²) < 4.78 is 0. The number of aliphatic hydroxyl groups is 1. The van der Waals surface area contributed by atoms with Gasteiger partial charge in [0.2, 0.25) is 5.91 Å². The predicted molar refractivity (Wildman–Crippen MR) is 58.8 cm³/mol. The maximum absolute atomic E-state index is 11.7. The van der Waals surface area contributed by atoms with E-state index in [9.17, 15) is 9.90 Å². The molecule has 1 aromatic carbocycles. The van der Waals surface area contributed by atoms with Crippen molar-refractivity contribution in [3.05, 3.63) is 24.3 Å². The van der Waals surface area contributed by atoms with E-state index in [1.54, 1.807) is 13.8 Å². The molecule has 4 heteroatoms. The minimum atomic E-state index is -1.09. The quantitative estimate of drug-likeness (QED) is 0.646. The van der Waals surface area contributed by atoms with Gasteiger partial charge in [-0.1, -0.05) is 12.1 Å². The first kappa shape index (κ1) is 9.98. The lowest BCUT2D eigenvalue weighted by molar-refractivity contribution is -0.121. The van der Waals surface area contributed by atoms with Crippen molar-refractivity contribution in [2.45, 2.75) is 25.5 Å². The average Bonchev–Trinajstić information content (AvgIpc) is 2.15. The summed E-state index contributed by atoms with van der Waals surface area (Å²) in [5, 5.41) is 15.6. The number of nitrogens with one attached hydrogen (secondary N) is 2. The van der Waals surface area contributed by atoms with Gasteiger partial charge in [-0.2, -0.15) is 0 Å². The largest absolute Gasteiger partial charge is 0.388 e. The first-order valence-electron chi connectivity index (χ1n) is 4.87. The number of amides is 1. The Balaban J connectivity index is 2.34. The van der Waals surface area contributed by atoms with E-state index in [1.807, 2.05) is 24.3 Å². The molecule has 0 saturated heterocycles. The molecule has 0 saturated carbocycles. The molecule has 1 aliphatic heterocycles. The molecule has 3 N–H and O–H groups in total. The Bertz CT molecular complexity index is 396. The molecular weight excluding hydrogens is 192 g/mol. The Kier molecular flexibility index (Phi) is 2.16. The SMILES string of the molecule is CC(C)(O)C1Nc2ccccc2NC1=O. The highest BCUT2D eigenvalue weighted by Crippen LogP contribution is 2.28. The number of fused-ring (bicyclic) bond motifs is 1. The topological polar surface area (TPSA) is 61.4 Å². The highest BCUT2D eigenvalue weighted by atomic mass is 16.3. The Hall–Kier alpha value is -1.55. The number of carbonyl (C=O) groups excluding carboxylic acids is 1. The van der Waals surface area contributed by atoms with Crippen LogP contribution >= 0.6 is 0 Å². The van der Waals surface area contributed by atoms with E-state index in [0.717, 1.165) is 11.4 Å². The van der Waals surface area contributed by atoms with Crippen molar-refractivity contribution in [3.8, 4) is 0 Å². The maximum atomic E-state index is 11.7. The van der Waals surface area contributed by atoms with Crippen molar-refractivity contribution in [1.29, 1.82) is 0 Å². The third kappa shape index (κ3) is 1.80. The van der Waals surface area contributed by atoms with Crippen LogP contribution < -0.4 is 10.6 Å². The van der Waals surface area contributed by atoms with Crippen LogP contribution in [0.3, 0.4) is 0 Å². The molecule has 1 aliphatic rings. The van der Waals surface area contributed by atoms with Gasteiger partial charge in [0, 0.05) is 0 Å². The van der Waals surface area contributed by atoms with Gasteiger partial charge in [-0.15, -0.1) is 0 Å². The van der Waals surface area contributed by atoms with E-state index < -0.39 is 11.6 Å². The van der Waals surface area contributed by atoms with Crippen LogP contribution in [0.25, 0.3) is 0 Å². The Morgan fingerprint density at radius 1 is 1.27 bits per heavy atom. The first-order chi connectivity index (χ1) is 6.98. The second-order valence-electron chi connectivity index (χ2n) is 4.27. The van der Waals surface area contributed by atoms with Crippen LogP contribution in [0.1, 0.15) is 13.8 Å². The number of para-hydroxylation sites is 2. The molecular formula is C11H14N2O2. The molecule has 0 aromatic heterocycles. The van der Waals surface area contributed by atoms with E-state index >= 15 is 0 Å². The number of carbonyl (C=O) groups is 1. The van der Waals surface area contributed by atoms with Crippen LogP contribution in [0.4, 0.5) is 11.4 Å². The van der Waals surface area contributed by atoms with Crippen LogP contribution in [-0.4, -0.2) is 22.7 Å². The van der Waals surface area contributed by atoms with Crippen LogP contribution in [0.5, 0.6) is 0 Å². The molecule has 0 fully saturated rings. The molecule has 4 nitrogen and oxygen atoms in total. The van der Waals surface area contributed by atoms with Crippen molar-refractivity contribution in [2.75, 3.05) is 10.6 Å². The monoisotopic (exact) mass is 206 g/mol. The maximum Gasteiger partial charge on any atom is 0.249 e. The molecule has 2 rings (SSSR count). The van der Waals surface area contributed by atoms with Gasteiger partial charge in [-0.25, -0.2) is 0 Å². The van der Waals surface area contributed by atoms with Crippen LogP contribution in [0, 0.1) is 0 Å². The number of hydrogen-bond acceptors (Lipinski definition) is 3. The van der Waals surface area contributed by atoms with Crippen molar-refractivity contribution < 1.29 is 9.90 Å². The van der Waals surface area contributed by atoms with Gasteiger partial charge < -0.3 is 15.7 Å². The minimum Gasteiger partial charge on any atom is -0.388 e. The lowest BCUT2D eigenvalue weighted by Crippen LogP contribution is -2.52. The summed E-state index contributed by atoms with van der Waals surface area (Å²) in [6.07, 6.45) is 0. The Morgan fingerprint density at radius 2 is 1.87 bits per heavy atom. The fourth-order valence-corrected chi connectivity index (χ4v) is 1.64. The van der Waals surface area contributed by atoms with Crippen LogP contribution in [0.2, 0.25) is 0 Å². The lowest BCUT2D eigenvalue weighted by Gasteiger charge is -2.34. The van der Waals surface area contributed by atoms with Gasteiger partial charge in [0.05, 0.1) is 17.0 Å². The zero-order valence-electron chi connectivity index (χ0n) is 8.74. The predicted octanol–water partition coefficient (Wildman–Crippen LogP) is 1.19. The zero-order chi connectivity index (χ0) is 11.1. The molecule has 0 spiro atoms. The summed E-state index contributed by atoms with van der Waals surface area (Å²) in [6.45, 7) is 3.22. The summed E-state index contributed by atoms with van der Waals surface area (Å²) in [4.78, 5) is 11.7. The fourth-order valence-electron chi connectivity index (χ4n) is 1.64. The molecule has 1 amide bonds. The van der Waals surface area contributed by atoms with Gasteiger partial charge in [0.25, 0.3) is 0 Å². The Labute approximate surface area is 88.3 Å². The van der Waals surface area contributed by atoms with Gasteiger partial charge in [-0.3, -0.25) is 4.79 Å². The van der Waals surface area contributed by atoms with E-state index in [1.165, 1.54) is 0 Å². The van der Waals surface area contributed by atoms with E-state index in [0.29, 0.717) is 0 Å². The molecule has 0 radical (unpaired) electrons. The van der Waals surface area contributed by atoms with Crippen LogP contribution in [-0.2, 0) is 4.79 Å². The molecule has 80 valence electrons. The normalized spacial score (nSPS) is 20.2. The summed E-state index contributed by atoms with van der Waals surface area (Å²) in [5.41, 5.74) is 0.504. The summed E-state index contributed by atoms with van der Waals surface area (Å²) in [7, 11) is 0. The Morgan fingerprint density at radius 3 is 2.47 bits per heavy atom. The molecule has 1 aromatic rings. The summed E-state index contributed by atoms with van der Waals surface area (Å²) in [5.74, 6) is -0.207. The fraction of sp³-hybridized carbons (Fsp3) is 0.364. The van der Waals surface area contributed by atoms with Crippen molar-refractivity contribution in [1.82, 2.24) is 0 Å². The lowest BCUT2D eigenvalue weighted by atomic mass is 9.96. The third-order valence-electron chi connectivity index (χ3n) is 2.45. The smallest absolute Gasteiger partial charge is 0.249 e. The van der Waals surface area contributed by atoms with Crippen molar-refractivity contribution in [2.24, 2.45) is 0 Å². The highest BCUT2D eigenvalue weighted by molar-refractivity contribution is 6.03. The minimum absolute atomic E-state index is 0.207. The highest BCUT2D eigenvalue weighted by Gasteiger charge is 2.36. The number of benzene rings is 1. The second-order valence-corrected chi connectivity index (χ2v) is 4.27. The summed E-state index contributed by atoms with van der Waals surface area (Å²) >= 11 is 0. The first-order valence-corrected chi connectivity index (χ1v) is 4.87. The van der Waals surface area contributed by atoms with Crippen LogP contribution in [0.15, 0.2) is 24.3 Å². The number of anilines is 2. The standard InChI is InChI=1S/C11H14N2O2/c1-11(2,15)9-10(14)13-8-6-4-3-5-7(8)12-9/h3-6,9,12,15H,1-2H3,(H,13,14). The molecule has 0 aliphatic carbocycles. The van der Waals surface area contributed by atoms with E-state index in [4.69, 9.17) is 0 Å². The average molecular weight is 206 g/mol. The molecule has 1 atom stereocenters. The van der Waals surface area contributed by atoms with E-state index in [-0.39, 0.29) is 5.91 Å². The molecule has 0 bridgehead atoms. The molecule has 1 heterocycles. The van der Waals surface area contributed by atoms with Gasteiger partial charge in [0.15, 0.2) is 0 Å². The molecule has 15 heavy (non-hydrogen) atoms. The van der Waals surface area contributed by atoms with Gasteiger partial charge in [0.1, 0.15) is 6.04 Å². The number of rotatable bonds is 1. The van der Waals surface area contributed by atoms with Gasteiger partial charge in [-0.05, 0) is 26.0 Å². The van der Waals surface area contributed by atoms with E-state index in [2.05, 4.69) is 10.6 Å². The third-order valence-corrected chi connectivity index (χ3v) is 2.45. The van der Waals surface area contributed by atoms with Crippen molar-refractivity contribution in [3.63, 3.8) is 0 Å². The second kappa shape index (κ2) is 3.24.